The summed E-state index contributed by atoms with van der Waals surface area (Å²) in [7, 11) is -1.54. The number of non-ortho nitro benzene ring substituents is 1. The van der Waals surface area contributed by atoms with E-state index < -0.39 is 12.7 Å². The number of nitro groups is 1. The molecule has 0 atom stereocenters. The van der Waals surface area contributed by atoms with Crippen LogP contribution in [0.3, 0.4) is 0 Å². The summed E-state index contributed by atoms with van der Waals surface area (Å²) in [6.45, 7) is 10.1. The van der Waals surface area contributed by atoms with Gasteiger partial charge in [0.05, 0.1) is 10.6 Å². The molecule has 1 aromatic rings. The summed E-state index contributed by atoms with van der Waals surface area (Å²) in [5.74, 6) is -0.117. The van der Waals surface area contributed by atoms with Gasteiger partial charge in [-0.05, 0) is 25.7 Å². The summed E-state index contributed by atoms with van der Waals surface area (Å²) in [5.41, 5.74) is 0.0225. The van der Waals surface area contributed by atoms with Crippen LogP contribution >= 0.6 is 7.82 Å². The fourth-order valence-electron chi connectivity index (χ4n) is 1.84. The summed E-state index contributed by atoms with van der Waals surface area (Å²) >= 11 is 0. The first-order valence-electron chi connectivity index (χ1n) is 7.48. The van der Waals surface area contributed by atoms with Gasteiger partial charge in [0.15, 0.2) is 5.75 Å². The number of hydrogen-bond acceptors (Lipinski definition) is 6. The number of phosphoric acid groups is 1. The zero-order chi connectivity index (χ0) is 18.9. The smallest absolute Gasteiger partial charge is 0.402 e. The van der Waals surface area contributed by atoms with E-state index in [9.17, 15) is 14.7 Å². The number of nitro benzene ring substituents is 1. The molecule has 0 saturated carbocycles. The molecule has 2 N–H and O–H groups in total. The zero-order valence-corrected chi connectivity index (χ0v) is 15.6. The molecule has 1 rings (SSSR count). The van der Waals surface area contributed by atoms with Crippen molar-refractivity contribution < 1.29 is 23.8 Å². The molecule has 0 unspecified atom stereocenters. The highest BCUT2D eigenvalue weighted by atomic mass is 31.2. The molecule has 0 aromatic heterocycles. The second-order valence-electron chi connectivity index (χ2n) is 5.00. The lowest BCUT2D eigenvalue weighted by molar-refractivity contribution is -0.384. The van der Waals surface area contributed by atoms with E-state index >= 15 is 0 Å². The Morgan fingerprint density at radius 3 is 1.96 bits per heavy atom. The fraction of sp³-hybridized carbons (Fsp3) is 0.571. The van der Waals surface area contributed by atoms with Gasteiger partial charge in [0.25, 0.3) is 5.69 Å². The lowest BCUT2D eigenvalue weighted by Crippen LogP contribution is -2.21. The van der Waals surface area contributed by atoms with E-state index in [4.69, 9.17) is 9.79 Å². The van der Waals surface area contributed by atoms with Crippen molar-refractivity contribution >= 4 is 19.2 Å². The minimum Gasteiger partial charge on any atom is -0.402 e. The zero-order valence-electron chi connectivity index (χ0n) is 14.7. The number of nitrogens with zero attached hydrogens (tertiary/aromatic N) is 3. The van der Waals surface area contributed by atoms with Crippen LogP contribution in [0.2, 0.25) is 0 Å². The van der Waals surface area contributed by atoms with Gasteiger partial charge in [0.2, 0.25) is 0 Å². The highest BCUT2D eigenvalue weighted by Crippen LogP contribution is 2.42. The maximum absolute atomic E-state index is 10.7. The van der Waals surface area contributed by atoms with Crippen molar-refractivity contribution in [2.75, 3.05) is 38.6 Å². The first kappa shape index (κ1) is 22.3. The minimum atomic E-state index is -4.69. The number of hydrogen-bond donors (Lipinski definition) is 2. The topological polar surface area (TPSA) is 116 Å². The molecule has 0 saturated heterocycles. The average Bonchev–Trinajstić information content (AvgIpc) is 2.48. The normalized spacial score (nSPS) is 10.8. The predicted octanol–water partition coefficient (Wildman–Crippen LogP) is 2.48. The van der Waals surface area contributed by atoms with E-state index in [0.717, 1.165) is 12.1 Å². The maximum Gasteiger partial charge on any atom is 0.524 e. The Morgan fingerprint density at radius 1 is 1.17 bits per heavy atom. The first-order chi connectivity index (χ1) is 11.1. The molecule has 0 heterocycles. The highest BCUT2D eigenvalue weighted by molar-refractivity contribution is 7.46. The van der Waals surface area contributed by atoms with Crippen molar-refractivity contribution in [3.05, 3.63) is 28.3 Å². The summed E-state index contributed by atoms with van der Waals surface area (Å²) in [6.07, 6.45) is 0. The highest BCUT2D eigenvalue weighted by Gasteiger charge is 2.21. The Bertz CT molecular complexity index is 566. The number of phosphoric ester groups is 1. The van der Waals surface area contributed by atoms with Crippen LogP contribution in [-0.2, 0) is 4.57 Å². The molecule has 24 heavy (non-hydrogen) atoms. The summed E-state index contributed by atoms with van der Waals surface area (Å²) in [4.78, 5) is 31.2. The van der Waals surface area contributed by atoms with Gasteiger partial charge in [-0.3, -0.25) is 19.9 Å². The summed E-state index contributed by atoms with van der Waals surface area (Å²) in [5, 5.41) is 10.6. The Hall–Kier alpha value is -1.67. The quantitative estimate of drug-likeness (QED) is 0.431. The van der Waals surface area contributed by atoms with E-state index in [1.165, 1.54) is 30.6 Å². The van der Waals surface area contributed by atoms with Crippen LogP contribution in [0.4, 0.5) is 11.4 Å². The van der Waals surface area contributed by atoms with Crippen LogP contribution in [-0.4, -0.2) is 53.3 Å². The summed E-state index contributed by atoms with van der Waals surface area (Å²) < 4.78 is 15.1. The van der Waals surface area contributed by atoms with Crippen molar-refractivity contribution in [3.8, 4) is 5.75 Å². The minimum absolute atomic E-state index is 0.117. The Kier molecular flexibility index (Phi) is 9.53. The Morgan fingerprint density at radius 2 is 1.67 bits per heavy atom. The Labute approximate surface area is 142 Å². The molecular weight excluding hydrogens is 337 g/mol. The van der Waals surface area contributed by atoms with Crippen LogP contribution in [0.5, 0.6) is 5.75 Å². The third-order valence-electron chi connectivity index (χ3n) is 3.19. The number of benzene rings is 1. The molecule has 0 spiro atoms. The van der Waals surface area contributed by atoms with E-state index in [1.54, 1.807) is 14.1 Å². The number of anilines is 1. The third-order valence-corrected chi connectivity index (χ3v) is 3.63. The van der Waals surface area contributed by atoms with Crippen LogP contribution in [0.25, 0.3) is 0 Å². The van der Waals surface area contributed by atoms with Gasteiger partial charge in [-0.2, -0.15) is 0 Å². The van der Waals surface area contributed by atoms with E-state index in [1.807, 2.05) is 0 Å². The molecule has 9 nitrogen and oxygen atoms in total. The van der Waals surface area contributed by atoms with E-state index in [2.05, 4.69) is 30.2 Å². The van der Waals surface area contributed by atoms with E-state index in [0.29, 0.717) is 0 Å². The van der Waals surface area contributed by atoms with Crippen molar-refractivity contribution in [1.82, 2.24) is 4.90 Å². The van der Waals surface area contributed by atoms with Gasteiger partial charge < -0.3 is 14.3 Å². The molecular formula is C14H26N3O6P. The van der Waals surface area contributed by atoms with Crippen LogP contribution in [0.15, 0.2) is 18.2 Å². The van der Waals surface area contributed by atoms with Gasteiger partial charge in [0, 0.05) is 26.2 Å². The SMILES string of the molecule is CCN(CC)CC.CN(C)c1cc([N+](=O)[O-])ccc1OP(=O)(O)O. The molecule has 1 aromatic carbocycles. The lowest BCUT2D eigenvalue weighted by Gasteiger charge is -2.17. The van der Waals surface area contributed by atoms with Gasteiger partial charge in [-0.25, -0.2) is 4.57 Å². The summed E-state index contributed by atoms with van der Waals surface area (Å²) in [6, 6.07) is 3.43. The maximum atomic E-state index is 10.7. The van der Waals surface area contributed by atoms with Crippen molar-refractivity contribution in [3.63, 3.8) is 0 Å². The first-order valence-corrected chi connectivity index (χ1v) is 9.01. The molecule has 10 heteroatoms. The van der Waals surface area contributed by atoms with Crippen molar-refractivity contribution in [2.24, 2.45) is 0 Å². The predicted molar refractivity (Wildman–Crippen MR) is 93.6 cm³/mol. The molecule has 0 fully saturated rings. The standard InChI is InChI=1S/C8H11N2O6P.C6H15N/c1-9(2)7-5-6(10(11)12)3-4-8(7)16-17(13,14)15;1-4-7(5-2)6-3/h3-5H,1-2H3,(H2,13,14,15);4-6H2,1-3H3. The molecule has 138 valence electrons. The van der Waals surface area contributed by atoms with Crippen molar-refractivity contribution in [1.29, 1.82) is 0 Å². The fourth-order valence-corrected chi connectivity index (χ4v) is 2.26. The van der Waals surface area contributed by atoms with Gasteiger partial charge in [0.1, 0.15) is 0 Å². The Balaban J connectivity index is 0.000000640. The number of rotatable bonds is 7. The van der Waals surface area contributed by atoms with Gasteiger partial charge in [-0.15, -0.1) is 0 Å². The van der Waals surface area contributed by atoms with E-state index in [-0.39, 0.29) is 17.1 Å². The van der Waals surface area contributed by atoms with Gasteiger partial charge >= 0.3 is 7.82 Å². The molecule has 0 amide bonds. The van der Waals surface area contributed by atoms with Crippen LogP contribution in [0.1, 0.15) is 20.8 Å². The lowest BCUT2D eigenvalue weighted by atomic mass is 10.2. The monoisotopic (exact) mass is 363 g/mol. The third kappa shape index (κ3) is 8.26. The molecule has 0 aliphatic carbocycles. The van der Waals surface area contributed by atoms with Crippen LogP contribution < -0.4 is 9.42 Å². The largest absolute Gasteiger partial charge is 0.524 e. The molecule has 0 aliphatic rings. The second kappa shape index (κ2) is 10.2. The average molecular weight is 363 g/mol. The second-order valence-corrected chi connectivity index (χ2v) is 6.17. The van der Waals surface area contributed by atoms with Crippen LogP contribution in [0, 0.1) is 10.1 Å². The van der Waals surface area contributed by atoms with Crippen molar-refractivity contribution in [2.45, 2.75) is 20.8 Å². The molecule has 0 bridgehead atoms. The molecule has 0 aliphatic heterocycles. The van der Waals surface area contributed by atoms with Gasteiger partial charge in [-0.1, -0.05) is 20.8 Å². The molecule has 0 radical (unpaired) electrons.